The van der Waals surface area contributed by atoms with Crippen molar-refractivity contribution in [3.63, 3.8) is 0 Å². The molecule has 4 atom stereocenters. The fourth-order valence-electron chi connectivity index (χ4n) is 4.81. The summed E-state index contributed by atoms with van der Waals surface area (Å²) < 4.78 is 5.58. The number of thiazole rings is 1. The van der Waals surface area contributed by atoms with E-state index in [9.17, 15) is 14.7 Å². The molecule has 0 aliphatic heterocycles. The van der Waals surface area contributed by atoms with Gasteiger partial charge >= 0.3 is 6.03 Å². The van der Waals surface area contributed by atoms with Crippen LogP contribution in [0.1, 0.15) is 82.5 Å². The molecule has 4 N–H and O–H groups in total. The number of aromatic nitrogens is 1. The molecule has 1 heterocycles. The maximum atomic E-state index is 13.5. The van der Waals surface area contributed by atoms with Crippen LogP contribution in [0.15, 0.2) is 40.7 Å². The highest BCUT2D eigenvalue weighted by atomic mass is 32.2. The van der Waals surface area contributed by atoms with Gasteiger partial charge < -0.3 is 25.4 Å². The molecule has 252 valence electrons. The molecule has 45 heavy (non-hydrogen) atoms. The second kappa shape index (κ2) is 21.3. The number of ether oxygens (including phenoxy) is 1. The van der Waals surface area contributed by atoms with Crippen molar-refractivity contribution in [3.8, 4) is 0 Å². The van der Waals surface area contributed by atoms with Gasteiger partial charge in [-0.15, -0.1) is 23.1 Å². The molecule has 2 rings (SSSR count). The molecule has 1 aromatic heterocycles. The van der Waals surface area contributed by atoms with E-state index >= 15 is 0 Å². The van der Waals surface area contributed by atoms with Crippen LogP contribution < -0.4 is 16.0 Å². The van der Waals surface area contributed by atoms with Crippen molar-refractivity contribution >= 4 is 40.6 Å². The van der Waals surface area contributed by atoms with E-state index in [0.29, 0.717) is 44.1 Å². The summed E-state index contributed by atoms with van der Waals surface area (Å²) in [5.41, 5.74) is 3.74. The molecule has 4 unspecified atom stereocenters. The molecule has 1 aromatic carbocycles. The summed E-state index contributed by atoms with van der Waals surface area (Å²) in [7, 11) is 3.44. The van der Waals surface area contributed by atoms with Crippen LogP contribution in [0.4, 0.5) is 4.79 Å². The molecule has 10 nitrogen and oxygen atoms in total. The summed E-state index contributed by atoms with van der Waals surface area (Å²) in [6, 6.07) is 8.99. The first-order valence-corrected chi connectivity index (χ1v) is 17.8. The summed E-state index contributed by atoms with van der Waals surface area (Å²) in [6.45, 7) is 10.9. The van der Waals surface area contributed by atoms with E-state index in [1.54, 1.807) is 35.9 Å². The Morgan fingerprint density at radius 3 is 2.44 bits per heavy atom. The number of benzene rings is 1. The van der Waals surface area contributed by atoms with Gasteiger partial charge in [0.05, 0.1) is 29.4 Å². The SMILES string of the molecule is CCCC(CCC(Cc1ccccc1)NC(O)OCCSC=NC)NC(=O)C(NC(=O)N(C)Cc1csc(C(C)C)n1)C(C)C. The minimum atomic E-state index is -1.10. The number of aliphatic imine (C=N–C) groups is 1. The Kier molecular flexibility index (Phi) is 18.3. The average molecular weight is 663 g/mol. The molecule has 0 aliphatic carbocycles. The van der Waals surface area contributed by atoms with Crippen molar-refractivity contribution in [2.45, 2.75) is 104 Å². The van der Waals surface area contributed by atoms with E-state index in [1.165, 1.54) is 11.8 Å². The van der Waals surface area contributed by atoms with Crippen molar-refractivity contribution in [1.29, 1.82) is 0 Å². The Balaban J connectivity index is 2.00. The van der Waals surface area contributed by atoms with E-state index in [1.807, 2.05) is 37.4 Å². The van der Waals surface area contributed by atoms with Crippen LogP contribution >= 0.6 is 23.1 Å². The van der Waals surface area contributed by atoms with Crippen LogP contribution in [0.2, 0.25) is 0 Å². The van der Waals surface area contributed by atoms with Crippen LogP contribution in [0.5, 0.6) is 0 Å². The van der Waals surface area contributed by atoms with Crippen molar-refractivity contribution in [2.75, 3.05) is 26.5 Å². The summed E-state index contributed by atoms with van der Waals surface area (Å²) in [5.74, 6) is 0.742. The molecular formula is C33H54N6O4S2. The largest absolute Gasteiger partial charge is 0.356 e. The number of thioether (sulfide) groups is 1. The molecule has 0 spiro atoms. The van der Waals surface area contributed by atoms with Crippen LogP contribution in [-0.2, 0) is 22.5 Å². The van der Waals surface area contributed by atoms with Gasteiger partial charge in [-0.05, 0) is 37.2 Å². The zero-order chi connectivity index (χ0) is 33.2. The van der Waals surface area contributed by atoms with Crippen LogP contribution in [0.25, 0.3) is 0 Å². The summed E-state index contributed by atoms with van der Waals surface area (Å²) in [4.78, 5) is 36.8. The van der Waals surface area contributed by atoms with Crippen molar-refractivity contribution in [2.24, 2.45) is 10.9 Å². The van der Waals surface area contributed by atoms with Gasteiger partial charge in [-0.1, -0.05) is 71.4 Å². The van der Waals surface area contributed by atoms with Gasteiger partial charge in [-0.2, -0.15) is 0 Å². The lowest BCUT2D eigenvalue weighted by Gasteiger charge is -2.29. The maximum Gasteiger partial charge on any atom is 0.318 e. The predicted molar refractivity (Wildman–Crippen MR) is 187 cm³/mol. The molecule has 3 amide bonds. The molecule has 2 aromatic rings. The highest BCUT2D eigenvalue weighted by Crippen LogP contribution is 2.20. The second-order valence-electron chi connectivity index (χ2n) is 11.9. The Hall–Kier alpha value is -2.51. The molecule has 0 saturated carbocycles. The third-order valence-electron chi connectivity index (χ3n) is 7.24. The van der Waals surface area contributed by atoms with Gasteiger partial charge in [0.1, 0.15) is 6.04 Å². The average Bonchev–Trinajstić information content (AvgIpc) is 3.47. The minimum absolute atomic E-state index is 0.0697. The first-order chi connectivity index (χ1) is 21.5. The molecule has 12 heteroatoms. The number of aliphatic hydroxyl groups is 1. The zero-order valence-corrected chi connectivity index (χ0v) is 29.6. The quantitative estimate of drug-likeness (QED) is 0.0612. The lowest BCUT2D eigenvalue weighted by Crippen LogP contribution is -2.54. The lowest BCUT2D eigenvalue weighted by atomic mass is 9.96. The Morgan fingerprint density at radius 1 is 1.11 bits per heavy atom. The second-order valence-corrected chi connectivity index (χ2v) is 13.8. The number of urea groups is 1. The third-order valence-corrected chi connectivity index (χ3v) is 9.20. The van der Waals surface area contributed by atoms with E-state index in [4.69, 9.17) is 4.74 Å². The van der Waals surface area contributed by atoms with Crippen molar-refractivity contribution in [1.82, 2.24) is 25.8 Å². The van der Waals surface area contributed by atoms with Gasteiger partial charge in [0.15, 0.2) is 0 Å². The zero-order valence-electron chi connectivity index (χ0n) is 28.0. The molecule has 0 saturated heterocycles. The van der Waals surface area contributed by atoms with E-state index in [2.05, 4.69) is 58.8 Å². The van der Waals surface area contributed by atoms with Gasteiger partial charge in [-0.25, -0.2) is 9.78 Å². The third kappa shape index (κ3) is 15.1. The van der Waals surface area contributed by atoms with E-state index < -0.39 is 12.5 Å². The van der Waals surface area contributed by atoms with Gasteiger partial charge in [0.25, 0.3) is 0 Å². The number of hydrogen-bond donors (Lipinski definition) is 4. The number of nitrogens with one attached hydrogen (secondary N) is 3. The molecule has 0 bridgehead atoms. The van der Waals surface area contributed by atoms with Crippen LogP contribution in [0, 0.1) is 5.92 Å². The highest BCUT2D eigenvalue weighted by molar-refractivity contribution is 8.12. The summed E-state index contributed by atoms with van der Waals surface area (Å²) in [5, 5.41) is 23.0. The topological polar surface area (TPSA) is 128 Å². The molecule has 0 aliphatic rings. The number of hydrogen-bond acceptors (Lipinski definition) is 9. The van der Waals surface area contributed by atoms with Crippen molar-refractivity contribution < 1.29 is 19.4 Å². The van der Waals surface area contributed by atoms with E-state index in [0.717, 1.165) is 29.1 Å². The fourth-order valence-corrected chi connectivity index (χ4v) is 6.08. The number of aliphatic hydroxyl groups excluding tert-OH is 1. The fraction of sp³-hybridized carbons (Fsp3) is 0.636. The predicted octanol–water partition coefficient (Wildman–Crippen LogP) is 5.38. The number of amides is 3. The molecular weight excluding hydrogens is 609 g/mol. The summed E-state index contributed by atoms with van der Waals surface area (Å²) in [6.07, 6.45) is 2.74. The normalized spacial score (nSPS) is 14.4. The number of rotatable bonds is 21. The Morgan fingerprint density at radius 2 is 1.82 bits per heavy atom. The summed E-state index contributed by atoms with van der Waals surface area (Å²) >= 11 is 3.12. The minimum Gasteiger partial charge on any atom is -0.356 e. The Bertz CT molecular complexity index is 1150. The first kappa shape index (κ1) is 38.7. The van der Waals surface area contributed by atoms with Gasteiger partial charge in [0, 0.05) is 43.2 Å². The Labute approximate surface area is 278 Å². The monoisotopic (exact) mass is 662 g/mol. The van der Waals surface area contributed by atoms with Gasteiger partial charge in [-0.3, -0.25) is 15.1 Å². The van der Waals surface area contributed by atoms with Crippen molar-refractivity contribution in [3.05, 3.63) is 52.0 Å². The standard InChI is InChI=1S/C33H54N6O4S2/c1-8-12-26(15-16-27(19-25-13-10-9-11-14-25)37-33(42)43-17-18-44-22-34-6)35-30(40)29(23(2)3)38-32(41)39(7)20-28-21-45-31(36-28)24(4)5/h9-11,13-14,21-24,26-27,29,33,37,42H,8,12,15-20H2,1-7H3,(H,35,40)(H,38,41). The lowest BCUT2D eigenvalue weighted by molar-refractivity contribution is -0.125. The highest BCUT2D eigenvalue weighted by Gasteiger charge is 2.28. The molecule has 0 fully saturated rings. The first-order valence-electron chi connectivity index (χ1n) is 15.9. The molecule has 0 radical (unpaired) electrons. The van der Waals surface area contributed by atoms with Crippen LogP contribution in [-0.4, -0.2) is 83.5 Å². The maximum absolute atomic E-state index is 13.5. The smallest absolute Gasteiger partial charge is 0.318 e. The van der Waals surface area contributed by atoms with Gasteiger partial charge in [0.2, 0.25) is 12.3 Å². The van der Waals surface area contributed by atoms with E-state index in [-0.39, 0.29) is 29.9 Å². The number of nitrogens with zero attached hydrogens (tertiary/aromatic N) is 3. The number of carbonyl (C=O) groups excluding carboxylic acids is 2. The van der Waals surface area contributed by atoms with Crippen LogP contribution in [0.3, 0.4) is 0 Å². The number of carbonyl (C=O) groups is 2.